The standard InChI is InChI=1S/C20H22N4O3S/c1-28(26,27)24-13-5-4-8-18(24)20(25)21-15-11-9-14(10-12-15)19-22-16-6-2-3-7-17(16)23-19/h2-3,6-7,9-12,18H,4-5,8,13H2,1H3,(H,21,25)(H,22,23). The van der Waals surface area contributed by atoms with Crippen LogP contribution in [-0.4, -0.2) is 47.4 Å². The van der Waals surface area contributed by atoms with E-state index in [0.29, 0.717) is 18.7 Å². The molecule has 0 aliphatic carbocycles. The number of piperidine rings is 1. The second-order valence-electron chi connectivity index (χ2n) is 7.05. The highest BCUT2D eigenvalue weighted by Crippen LogP contribution is 2.24. The summed E-state index contributed by atoms with van der Waals surface area (Å²) < 4.78 is 25.2. The van der Waals surface area contributed by atoms with E-state index in [-0.39, 0.29) is 5.91 Å². The predicted molar refractivity (Wildman–Crippen MR) is 109 cm³/mol. The minimum absolute atomic E-state index is 0.290. The van der Waals surface area contributed by atoms with Crippen LogP contribution in [0.2, 0.25) is 0 Å². The number of benzene rings is 2. The molecule has 1 atom stereocenters. The highest BCUT2D eigenvalue weighted by atomic mass is 32.2. The van der Waals surface area contributed by atoms with Crippen LogP contribution < -0.4 is 5.32 Å². The number of fused-ring (bicyclic) bond motifs is 1. The van der Waals surface area contributed by atoms with Crippen LogP contribution in [0.4, 0.5) is 5.69 Å². The molecule has 7 nitrogen and oxygen atoms in total. The van der Waals surface area contributed by atoms with Gasteiger partial charge in [0.15, 0.2) is 0 Å². The first kappa shape index (κ1) is 18.6. The number of nitrogens with zero attached hydrogens (tertiary/aromatic N) is 2. The molecule has 0 bridgehead atoms. The van der Waals surface area contributed by atoms with E-state index in [1.807, 2.05) is 36.4 Å². The molecule has 1 amide bonds. The first-order chi connectivity index (χ1) is 13.4. The van der Waals surface area contributed by atoms with Crippen LogP contribution >= 0.6 is 0 Å². The fraction of sp³-hybridized carbons (Fsp3) is 0.300. The number of aromatic amines is 1. The quantitative estimate of drug-likeness (QED) is 0.706. The van der Waals surface area contributed by atoms with Crippen LogP contribution in [0.25, 0.3) is 22.4 Å². The van der Waals surface area contributed by atoms with Gasteiger partial charge in [-0.25, -0.2) is 13.4 Å². The Morgan fingerprint density at radius 3 is 2.61 bits per heavy atom. The lowest BCUT2D eigenvalue weighted by Crippen LogP contribution is -2.49. The molecule has 1 fully saturated rings. The molecule has 2 N–H and O–H groups in total. The maximum atomic E-state index is 12.7. The molecule has 1 saturated heterocycles. The summed E-state index contributed by atoms with van der Waals surface area (Å²) in [5.74, 6) is 0.469. The lowest BCUT2D eigenvalue weighted by atomic mass is 10.0. The molecule has 0 spiro atoms. The number of hydrogen-bond donors (Lipinski definition) is 2. The largest absolute Gasteiger partial charge is 0.338 e. The molecule has 146 valence electrons. The molecule has 1 unspecified atom stereocenters. The van der Waals surface area contributed by atoms with Crippen LogP contribution in [-0.2, 0) is 14.8 Å². The Morgan fingerprint density at radius 1 is 1.14 bits per heavy atom. The summed E-state index contributed by atoms with van der Waals surface area (Å²) in [6.07, 6.45) is 3.31. The van der Waals surface area contributed by atoms with Crippen molar-refractivity contribution in [3.8, 4) is 11.4 Å². The molecule has 1 aromatic heterocycles. The van der Waals surface area contributed by atoms with Crippen molar-refractivity contribution in [3.63, 3.8) is 0 Å². The number of rotatable bonds is 4. The van der Waals surface area contributed by atoms with Crippen molar-refractivity contribution in [2.75, 3.05) is 18.1 Å². The molecule has 8 heteroatoms. The Morgan fingerprint density at radius 2 is 1.89 bits per heavy atom. The minimum Gasteiger partial charge on any atom is -0.338 e. The fourth-order valence-electron chi connectivity index (χ4n) is 3.59. The Balaban J connectivity index is 1.50. The topological polar surface area (TPSA) is 95.2 Å². The first-order valence-electron chi connectivity index (χ1n) is 9.25. The van der Waals surface area contributed by atoms with E-state index in [4.69, 9.17) is 0 Å². The Labute approximate surface area is 163 Å². The molecular weight excluding hydrogens is 376 g/mol. The molecule has 1 aliphatic rings. The monoisotopic (exact) mass is 398 g/mol. The molecule has 0 saturated carbocycles. The smallest absolute Gasteiger partial charge is 0.242 e. The Kier molecular flexibility index (Phi) is 4.91. The summed E-state index contributed by atoms with van der Waals surface area (Å²) in [5.41, 5.74) is 3.40. The van der Waals surface area contributed by atoms with Gasteiger partial charge in [-0.1, -0.05) is 18.6 Å². The number of hydrogen-bond acceptors (Lipinski definition) is 4. The molecule has 1 aliphatic heterocycles. The third kappa shape index (κ3) is 3.79. The van der Waals surface area contributed by atoms with E-state index < -0.39 is 16.1 Å². The number of sulfonamides is 1. The van der Waals surface area contributed by atoms with Gasteiger partial charge < -0.3 is 10.3 Å². The number of carbonyl (C=O) groups excluding carboxylic acids is 1. The highest BCUT2D eigenvalue weighted by molar-refractivity contribution is 7.88. The van der Waals surface area contributed by atoms with Crippen LogP contribution in [0.15, 0.2) is 48.5 Å². The summed E-state index contributed by atoms with van der Waals surface area (Å²) in [6.45, 7) is 0.391. The van der Waals surface area contributed by atoms with Gasteiger partial charge in [-0.15, -0.1) is 0 Å². The normalized spacial score (nSPS) is 18.2. The Hall–Kier alpha value is -2.71. The molecular formula is C20H22N4O3S. The van der Waals surface area contributed by atoms with E-state index >= 15 is 0 Å². The molecule has 0 radical (unpaired) electrons. The van der Waals surface area contributed by atoms with Gasteiger partial charge in [0, 0.05) is 17.8 Å². The predicted octanol–water partition coefficient (Wildman–Crippen LogP) is 2.98. The lowest BCUT2D eigenvalue weighted by molar-refractivity contribution is -0.120. The second kappa shape index (κ2) is 7.37. The lowest BCUT2D eigenvalue weighted by Gasteiger charge is -2.32. The summed E-state index contributed by atoms with van der Waals surface area (Å²) in [6, 6.07) is 14.5. The SMILES string of the molecule is CS(=O)(=O)N1CCCCC1C(=O)Nc1ccc(-c2nc3ccccc3[nH]2)cc1. The van der Waals surface area contributed by atoms with Gasteiger partial charge in [0.05, 0.1) is 17.3 Å². The highest BCUT2D eigenvalue weighted by Gasteiger charge is 2.34. The molecule has 3 aromatic rings. The molecule has 4 rings (SSSR count). The maximum Gasteiger partial charge on any atom is 0.242 e. The van der Waals surface area contributed by atoms with Crippen molar-refractivity contribution in [1.82, 2.24) is 14.3 Å². The maximum absolute atomic E-state index is 12.7. The summed E-state index contributed by atoms with van der Waals surface area (Å²) in [5, 5.41) is 2.84. The molecule has 2 aromatic carbocycles. The molecule has 2 heterocycles. The number of aromatic nitrogens is 2. The summed E-state index contributed by atoms with van der Waals surface area (Å²) >= 11 is 0. The van der Waals surface area contributed by atoms with E-state index in [0.717, 1.165) is 41.5 Å². The fourth-order valence-corrected chi connectivity index (χ4v) is 4.71. The van der Waals surface area contributed by atoms with Gasteiger partial charge in [0.25, 0.3) is 0 Å². The Bertz CT molecular complexity index is 1070. The van der Waals surface area contributed by atoms with Crippen molar-refractivity contribution in [2.24, 2.45) is 0 Å². The van der Waals surface area contributed by atoms with Crippen LogP contribution in [0.3, 0.4) is 0 Å². The number of anilines is 1. The number of carbonyl (C=O) groups is 1. The van der Waals surface area contributed by atoms with Gasteiger partial charge in [-0.2, -0.15) is 4.31 Å². The van der Waals surface area contributed by atoms with Crippen LogP contribution in [0, 0.1) is 0 Å². The third-order valence-electron chi connectivity index (χ3n) is 5.00. The number of H-pyrrole nitrogens is 1. The average Bonchev–Trinajstić information content (AvgIpc) is 3.12. The van der Waals surface area contributed by atoms with Gasteiger partial charge >= 0.3 is 0 Å². The van der Waals surface area contributed by atoms with Gasteiger partial charge in [-0.05, 0) is 49.2 Å². The van der Waals surface area contributed by atoms with Crippen molar-refractivity contribution in [3.05, 3.63) is 48.5 Å². The van der Waals surface area contributed by atoms with Crippen molar-refractivity contribution < 1.29 is 13.2 Å². The zero-order valence-electron chi connectivity index (χ0n) is 15.6. The van der Waals surface area contributed by atoms with Crippen LogP contribution in [0.1, 0.15) is 19.3 Å². The van der Waals surface area contributed by atoms with Crippen molar-refractivity contribution >= 4 is 32.7 Å². The van der Waals surface area contributed by atoms with E-state index in [2.05, 4.69) is 15.3 Å². The number of nitrogens with one attached hydrogen (secondary N) is 2. The van der Waals surface area contributed by atoms with E-state index in [9.17, 15) is 13.2 Å². The van der Waals surface area contributed by atoms with Crippen LogP contribution in [0.5, 0.6) is 0 Å². The number of imidazole rings is 1. The zero-order chi connectivity index (χ0) is 19.7. The van der Waals surface area contributed by atoms with Crippen molar-refractivity contribution in [2.45, 2.75) is 25.3 Å². The first-order valence-corrected chi connectivity index (χ1v) is 11.1. The number of para-hydroxylation sites is 2. The summed E-state index contributed by atoms with van der Waals surface area (Å²) in [7, 11) is -3.41. The summed E-state index contributed by atoms with van der Waals surface area (Å²) in [4.78, 5) is 20.5. The zero-order valence-corrected chi connectivity index (χ0v) is 16.4. The van der Waals surface area contributed by atoms with E-state index in [1.165, 1.54) is 4.31 Å². The van der Waals surface area contributed by atoms with Gasteiger partial charge in [0.1, 0.15) is 11.9 Å². The van der Waals surface area contributed by atoms with Gasteiger partial charge in [-0.3, -0.25) is 4.79 Å². The van der Waals surface area contributed by atoms with E-state index in [1.54, 1.807) is 12.1 Å². The number of amides is 1. The van der Waals surface area contributed by atoms with Crippen molar-refractivity contribution in [1.29, 1.82) is 0 Å². The second-order valence-corrected chi connectivity index (χ2v) is 8.99. The minimum atomic E-state index is -3.41. The average molecular weight is 398 g/mol. The van der Waals surface area contributed by atoms with Gasteiger partial charge in [0.2, 0.25) is 15.9 Å². The third-order valence-corrected chi connectivity index (χ3v) is 6.29. The molecule has 28 heavy (non-hydrogen) atoms.